The van der Waals surface area contributed by atoms with Crippen molar-refractivity contribution in [1.29, 1.82) is 0 Å². The summed E-state index contributed by atoms with van der Waals surface area (Å²) in [5.41, 5.74) is 1.03. The third-order valence-electron chi connectivity index (χ3n) is 3.40. The summed E-state index contributed by atoms with van der Waals surface area (Å²) in [4.78, 5) is 23.4. The predicted molar refractivity (Wildman–Crippen MR) is 70.7 cm³/mol. The van der Waals surface area contributed by atoms with Crippen molar-refractivity contribution in [3.8, 4) is 0 Å². The van der Waals surface area contributed by atoms with E-state index in [0.29, 0.717) is 18.4 Å². The normalized spacial score (nSPS) is 19.2. The van der Waals surface area contributed by atoms with Crippen LogP contribution in [-0.4, -0.2) is 37.5 Å². The lowest BCUT2D eigenvalue weighted by Crippen LogP contribution is -2.39. The minimum Gasteiger partial charge on any atom is -0.380 e. The number of hydrogen-bond donors (Lipinski definition) is 0. The molecule has 0 N–H and O–H groups in total. The highest BCUT2D eigenvalue weighted by atomic mass is 16.6. The van der Waals surface area contributed by atoms with Crippen molar-refractivity contribution in [2.45, 2.75) is 18.9 Å². The summed E-state index contributed by atoms with van der Waals surface area (Å²) in [6, 6.07) is 4.39. The fourth-order valence-electron chi connectivity index (χ4n) is 2.39. The van der Waals surface area contributed by atoms with Crippen LogP contribution in [0.3, 0.4) is 0 Å². The van der Waals surface area contributed by atoms with Gasteiger partial charge in [-0.05, 0) is 18.9 Å². The molecule has 0 aromatic heterocycles. The van der Waals surface area contributed by atoms with Crippen LogP contribution in [0, 0.1) is 10.1 Å². The zero-order valence-electron chi connectivity index (χ0n) is 10.7. The molecule has 1 atom stereocenters. The van der Waals surface area contributed by atoms with E-state index >= 15 is 0 Å². The number of methoxy groups -OCH3 is 1. The highest BCUT2D eigenvalue weighted by molar-refractivity contribution is 5.86. The Labute approximate surface area is 111 Å². The van der Waals surface area contributed by atoms with E-state index in [9.17, 15) is 14.9 Å². The van der Waals surface area contributed by atoms with Crippen LogP contribution in [0.4, 0.5) is 11.4 Å². The van der Waals surface area contributed by atoms with Crippen molar-refractivity contribution < 1.29 is 14.5 Å². The first-order valence-electron chi connectivity index (χ1n) is 6.17. The summed E-state index contributed by atoms with van der Waals surface area (Å²) in [6.45, 7) is 1.54. The molecule has 1 fully saturated rings. The van der Waals surface area contributed by atoms with Crippen molar-refractivity contribution in [3.05, 3.63) is 33.9 Å². The van der Waals surface area contributed by atoms with Gasteiger partial charge in [0.25, 0.3) is 5.69 Å². The summed E-state index contributed by atoms with van der Waals surface area (Å²) in [5, 5.41) is 10.7. The first kappa shape index (κ1) is 13.5. The van der Waals surface area contributed by atoms with Gasteiger partial charge in [0.2, 0.25) is 0 Å². The van der Waals surface area contributed by atoms with Crippen LogP contribution >= 0.6 is 0 Å². The number of ether oxygens (including phenoxy) is 1. The van der Waals surface area contributed by atoms with Crippen molar-refractivity contribution in [2.75, 3.05) is 25.1 Å². The SMILES string of the molecule is COC1CCCN(c2ccc([N+](=O)[O-])cc2C=O)C1. The summed E-state index contributed by atoms with van der Waals surface area (Å²) in [6.07, 6.45) is 2.78. The van der Waals surface area contributed by atoms with Gasteiger partial charge in [0.05, 0.1) is 11.0 Å². The Morgan fingerprint density at radius 3 is 2.95 bits per heavy atom. The standard InChI is InChI=1S/C13H16N2O4/c1-19-12-3-2-6-14(8-12)13-5-4-11(15(17)18)7-10(13)9-16/h4-5,7,9,12H,2-3,6,8H2,1H3. The molecule has 0 saturated carbocycles. The molecule has 1 unspecified atom stereocenters. The largest absolute Gasteiger partial charge is 0.380 e. The van der Waals surface area contributed by atoms with Crippen LogP contribution in [0.5, 0.6) is 0 Å². The molecule has 1 aromatic rings. The van der Waals surface area contributed by atoms with Crippen LogP contribution in [-0.2, 0) is 4.74 Å². The van der Waals surface area contributed by atoms with Gasteiger partial charge in [-0.3, -0.25) is 14.9 Å². The first-order valence-corrected chi connectivity index (χ1v) is 6.17. The Balaban J connectivity index is 2.28. The number of hydrogen-bond acceptors (Lipinski definition) is 5. The Kier molecular flexibility index (Phi) is 4.11. The second kappa shape index (κ2) is 5.79. The molecule has 1 saturated heterocycles. The van der Waals surface area contributed by atoms with Crippen molar-refractivity contribution >= 4 is 17.7 Å². The summed E-state index contributed by atoms with van der Waals surface area (Å²) in [7, 11) is 1.67. The lowest BCUT2D eigenvalue weighted by atomic mass is 10.1. The minimum atomic E-state index is -0.495. The number of benzene rings is 1. The van der Waals surface area contributed by atoms with Gasteiger partial charge < -0.3 is 9.64 Å². The molecule has 19 heavy (non-hydrogen) atoms. The molecule has 102 valence electrons. The van der Waals surface area contributed by atoms with Crippen molar-refractivity contribution in [3.63, 3.8) is 0 Å². The van der Waals surface area contributed by atoms with E-state index in [1.807, 2.05) is 4.90 Å². The quantitative estimate of drug-likeness (QED) is 0.472. The maximum absolute atomic E-state index is 11.1. The molecule has 6 nitrogen and oxygen atoms in total. The van der Waals surface area contributed by atoms with E-state index in [1.165, 1.54) is 12.1 Å². The molecule has 1 aromatic carbocycles. The molecule has 2 rings (SSSR count). The third-order valence-corrected chi connectivity index (χ3v) is 3.40. The highest BCUT2D eigenvalue weighted by Crippen LogP contribution is 2.27. The fourth-order valence-corrected chi connectivity index (χ4v) is 2.39. The zero-order chi connectivity index (χ0) is 13.8. The number of non-ortho nitro benzene ring substituents is 1. The van der Waals surface area contributed by atoms with Crippen LogP contribution in [0.2, 0.25) is 0 Å². The number of nitro groups is 1. The molecule has 1 aliphatic heterocycles. The average molecular weight is 264 g/mol. The van der Waals surface area contributed by atoms with Gasteiger partial charge in [-0.1, -0.05) is 0 Å². The van der Waals surface area contributed by atoms with E-state index in [1.54, 1.807) is 13.2 Å². The topological polar surface area (TPSA) is 72.7 Å². The summed E-state index contributed by atoms with van der Waals surface area (Å²) >= 11 is 0. The number of carbonyl (C=O) groups excluding carboxylic acids is 1. The van der Waals surface area contributed by atoms with Gasteiger partial charge in [0, 0.05) is 43.6 Å². The molecule has 6 heteroatoms. The molecule has 0 bridgehead atoms. The molecular weight excluding hydrogens is 248 g/mol. The number of rotatable bonds is 4. The number of nitro benzene ring substituents is 1. The predicted octanol–water partition coefficient (Wildman–Crippen LogP) is 2.02. The molecule has 0 amide bonds. The van der Waals surface area contributed by atoms with E-state index in [0.717, 1.165) is 25.1 Å². The van der Waals surface area contributed by atoms with Gasteiger partial charge in [-0.25, -0.2) is 0 Å². The van der Waals surface area contributed by atoms with Crippen molar-refractivity contribution in [1.82, 2.24) is 0 Å². The average Bonchev–Trinajstić information content (AvgIpc) is 2.46. The fraction of sp³-hybridized carbons (Fsp3) is 0.462. The first-order chi connectivity index (χ1) is 9.15. The molecule has 0 aliphatic carbocycles. The summed E-state index contributed by atoms with van der Waals surface area (Å²) in [5.74, 6) is 0. The van der Waals surface area contributed by atoms with Crippen LogP contribution in [0.15, 0.2) is 18.2 Å². The third kappa shape index (κ3) is 2.90. The smallest absolute Gasteiger partial charge is 0.270 e. The van der Waals surface area contributed by atoms with Gasteiger partial charge in [0.1, 0.15) is 0 Å². The van der Waals surface area contributed by atoms with Crippen LogP contribution in [0.25, 0.3) is 0 Å². The maximum atomic E-state index is 11.1. The van der Waals surface area contributed by atoms with Gasteiger partial charge in [-0.2, -0.15) is 0 Å². The van der Waals surface area contributed by atoms with Crippen molar-refractivity contribution in [2.24, 2.45) is 0 Å². The van der Waals surface area contributed by atoms with Gasteiger partial charge >= 0.3 is 0 Å². The molecule has 0 spiro atoms. The molecular formula is C13H16N2O4. The minimum absolute atomic E-state index is 0.0637. The number of nitrogens with zero attached hydrogens (tertiary/aromatic N) is 2. The van der Waals surface area contributed by atoms with Gasteiger partial charge in [-0.15, -0.1) is 0 Å². The van der Waals surface area contributed by atoms with Gasteiger partial charge in [0.15, 0.2) is 6.29 Å². The Morgan fingerprint density at radius 2 is 2.32 bits per heavy atom. The van der Waals surface area contributed by atoms with Crippen LogP contribution < -0.4 is 4.90 Å². The van der Waals surface area contributed by atoms with E-state index in [2.05, 4.69) is 0 Å². The number of piperidine rings is 1. The monoisotopic (exact) mass is 264 g/mol. The van der Waals surface area contributed by atoms with E-state index < -0.39 is 4.92 Å². The lowest BCUT2D eigenvalue weighted by Gasteiger charge is -2.34. The molecule has 1 aliphatic rings. The number of carbonyl (C=O) groups is 1. The zero-order valence-corrected chi connectivity index (χ0v) is 10.7. The highest BCUT2D eigenvalue weighted by Gasteiger charge is 2.22. The number of aldehydes is 1. The summed E-state index contributed by atoms with van der Waals surface area (Å²) < 4.78 is 5.34. The van der Waals surface area contributed by atoms with E-state index in [-0.39, 0.29) is 11.8 Å². The van der Waals surface area contributed by atoms with Crippen LogP contribution in [0.1, 0.15) is 23.2 Å². The lowest BCUT2D eigenvalue weighted by molar-refractivity contribution is -0.384. The second-order valence-electron chi connectivity index (χ2n) is 4.56. The second-order valence-corrected chi connectivity index (χ2v) is 4.56. The Bertz CT molecular complexity index is 490. The maximum Gasteiger partial charge on any atom is 0.270 e. The Hall–Kier alpha value is -1.95. The number of anilines is 1. The molecule has 0 radical (unpaired) electrons. The van der Waals surface area contributed by atoms with E-state index in [4.69, 9.17) is 4.74 Å². The Morgan fingerprint density at radius 1 is 1.53 bits per heavy atom. The molecule has 1 heterocycles.